The molecule has 0 bridgehead atoms. The molecule has 2 rings (SSSR count). The first-order chi connectivity index (χ1) is 8.08. The van der Waals surface area contributed by atoms with E-state index in [0.29, 0.717) is 12.1 Å². The van der Waals surface area contributed by atoms with Gasteiger partial charge in [-0.2, -0.15) is 0 Å². The molecule has 2 heteroatoms. The van der Waals surface area contributed by atoms with Crippen molar-refractivity contribution in [1.82, 2.24) is 4.90 Å². The first-order valence-corrected chi connectivity index (χ1v) is 6.65. The van der Waals surface area contributed by atoms with Crippen LogP contribution in [0.15, 0.2) is 24.3 Å². The van der Waals surface area contributed by atoms with E-state index in [1.807, 2.05) is 0 Å². The lowest BCUT2D eigenvalue weighted by molar-refractivity contribution is 0.185. The zero-order valence-electron chi connectivity index (χ0n) is 11.5. The number of hydrogen-bond acceptors (Lipinski definition) is 2. The second kappa shape index (κ2) is 5.09. The molecular formula is C15H24N2. The van der Waals surface area contributed by atoms with Crippen molar-refractivity contribution >= 4 is 5.69 Å². The number of rotatable bonds is 2. The van der Waals surface area contributed by atoms with Gasteiger partial charge in [0.15, 0.2) is 0 Å². The Kier molecular flexibility index (Phi) is 3.72. The molecule has 0 spiro atoms. The van der Waals surface area contributed by atoms with Crippen LogP contribution in [0.1, 0.15) is 26.3 Å². The highest BCUT2D eigenvalue weighted by Gasteiger charge is 2.24. The van der Waals surface area contributed by atoms with Crippen molar-refractivity contribution < 1.29 is 0 Å². The third-order valence-corrected chi connectivity index (χ3v) is 3.75. The minimum absolute atomic E-state index is 0.605. The van der Waals surface area contributed by atoms with E-state index in [4.69, 9.17) is 0 Å². The third-order valence-electron chi connectivity index (χ3n) is 3.75. The maximum Gasteiger partial charge on any atom is 0.0389 e. The van der Waals surface area contributed by atoms with Crippen LogP contribution in [0.2, 0.25) is 0 Å². The summed E-state index contributed by atoms with van der Waals surface area (Å²) in [6.07, 6.45) is 0. The Bertz CT molecular complexity index is 356. The van der Waals surface area contributed by atoms with Crippen molar-refractivity contribution in [2.45, 2.75) is 39.8 Å². The van der Waals surface area contributed by atoms with Crippen LogP contribution >= 0.6 is 0 Å². The largest absolute Gasteiger partial charge is 0.366 e. The van der Waals surface area contributed by atoms with Crippen LogP contribution in [0.3, 0.4) is 0 Å². The van der Waals surface area contributed by atoms with Gasteiger partial charge in [-0.15, -0.1) is 0 Å². The summed E-state index contributed by atoms with van der Waals surface area (Å²) in [5.74, 6) is 0. The van der Waals surface area contributed by atoms with E-state index in [1.165, 1.54) is 24.3 Å². The minimum atomic E-state index is 0.605. The van der Waals surface area contributed by atoms with Crippen molar-refractivity contribution in [3.63, 3.8) is 0 Å². The molecule has 0 N–H and O–H groups in total. The molecule has 2 nitrogen and oxygen atoms in total. The molecule has 0 radical (unpaired) electrons. The topological polar surface area (TPSA) is 6.48 Å². The molecule has 0 amide bonds. The molecule has 1 aliphatic heterocycles. The van der Waals surface area contributed by atoms with E-state index < -0.39 is 0 Å². The fourth-order valence-corrected chi connectivity index (χ4v) is 2.57. The maximum absolute atomic E-state index is 2.56. The van der Waals surface area contributed by atoms with Crippen LogP contribution in [0.25, 0.3) is 0 Å². The summed E-state index contributed by atoms with van der Waals surface area (Å²) in [5.41, 5.74) is 2.70. The average molecular weight is 232 g/mol. The standard InChI is InChI=1S/C15H24N2/c1-12(2)16-9-10-17(14(4)11-16)15-7-5-13(3)6-8-15/h5-8,12,14H,9-11H2,1-4H3. The minimum Gasteiger partial charge on any atom is -0.366 e. The summed E-state index contributed by atoms with van der Waals surface area (Å²) in [6.45, 7) is 12.5. The number of hydrogen-bond donors (Lipinski definition) is 0. The Labute approximate surface area is 105 Å². The van der Waals surface area contributed by atoms with Crippen LogP contribution in [-0.2, 0) is 0 Å². The molecule has 1 aliphatic rings. The number of aryl methyl sites for hydroxylation is 1. The van der Waals surface area contributed by atoms with Gasteiger partial charge >= 0.3 is 0 Å². The second-order valence-corrected chi connectivity index (χ2v) is 5.47. The molecule has 0 aliphatic carbocycles. The first-order valence-electron chi connectivity index (χ1n) is 6.65. The third kappa shape index (κ3) is 2.81. The van der Waals surface area contributed by atoms with Gasteiger partial charge in [-0.05, 0) is 39.8 Å². The van der Waals surface area contributed by atoms with Gasteiger partial charge in [0, 0.05) is 37.4 Å². The predicted molar refractivity (Wildman–Crippen MR) is 74.7 cm³/mol. The van der Waals surface area contributed by atoms with Crippen molar-refractivity contribution in [3.05, 3.63) is 29.8 Å². The zero-order valence-corrected chi connectivity index (χ0v) is 11.5. The number of nitrogens with zero attached hydrogens (tertiary/aromatic N) is 2. The molecule has 1 heterocycles. The molecule has 1 aromatic carbocycles. The van der Waals surface area contributed by atoms with Gasteiger partial charge in [0.05, 0.1) is 0 Å². The molecular weight excluding hydrogens is 208 g/mol. The lowest BCUT2D eigenvalue weighted by atomic mass is 10.1. The molecule has 17 heavy (non-hydrogen) atoms. The average Bonchev–Trinajstić information content (AvgIpc) is 2.30. The van der Waals surface area contributed by atoms with Gasteiger partial charge in [-0.25, -0.2) is 0 Å². The highest BCUT2D eigenvalue weighted by atomic mass is 15.3. The number of anilines is 1. The monoisotopic (exact) mass is 232 g/mol. The van der Waals surface area contributed by atoms with Gasteiger partial charge in [0.2, 0.25) is 0 Å². The van der Waals surface area contributed by atoms with Gasteiger partial charge in [0.1, 0.15) is 0 Å². The lowest BCUT2D eigenvalue weighted by Crippen LogP contribution is -2.53. The van der Waals surface area contributed by atoms with Crippen LogP contribution < -0.4 is 4.90 Å². The number of piperazine rings is 1. The summed E-state index contributed by atoms with van der Waals surface area (Å²) >= 11 is 0. The zero-order chi connectivity index (χ0) is 12.4. The Hall–Kier alpha value is -1.02. The smallest absolute Gasteiger partial charge is 0.0389 e. The molecule has 94 valence electrons. The van der Waals surface area contributed by atoms with Gasteiger partial charge in [-0.3, -0.25) is 4.90 Å². The highest BCUT2D eigenvalue weighted by molar-refractivity contribution is 5.48. The van der Waals surface area contributed by atoms with E-state index in [9.17, 15) is 0 Å². The van der Waals surface area contributed by atoms with Crippen LogP contribution in [0.5, 0.6) is 0 Å². The summed E-state index contributed by atoms with van der Waals surface area (Å²) < 4.78 is 0. The Morgan fingerprint density at radius 3 is 2.29 bits per heavy atom. The predicted octanol–water partition coefficient (Wildman–Crippen LogP) is 2.91. The van der Waals surface area contributed by atoms with Crippen molar-refractivity contribution in [3.8, 4) is 0 Å². The van der Waals surface area contributed by atoms with Crippen LogP contribution in [0, 0.1) is 6.92 Å². The summed E-state index contributed by atoms with van der Waals surface area (Å²) in [7, 11) is 0. The molecule has 0 saturated carbocycles. The normalized spacial score (nSPS) is 22.2. The van der Waals surface area contributed by atoms with E-state index in [1.54, 1.807) is 0 Å². The maximum atomic E-state index is 2.56. The summed E-state index contributed by atoms with van der Waals surface area (Å²) in [5, 5.41) is 0. The Morgan fingerprint density at radius 1 is 1.12 bits per heavy atom. The van der Waals surface area contributed by atoms with Gasteiger partial charge in [0.25, 0.3) is 0 Å². The van der Waals surface area contributed by atoms with Crippen molar-refractivity contribution in [1.29, 1.82) is 0 Å². The van der Waals surface area contributed by atoms with Gasteiger partial charge < -0.3 is 4.90 Å². The second-order valence-electron chi connectivity index (χ2n) is 5.47. The number of benzene rings is 1. The molecule has 1 aromatic rings. The summed E-state index contributed by atoms with van der Waals surface area (Å²) in [4.78, 5) is 5.09. The Morgan fingerprint density at radius 2 is 1.76 bits per heavy atom. The first kappa shape index (κ1) is 12.4. The van der Waals surface area contributed by atoms with E-state index in [0.717, 1.165) is 6.54 Å². The Balaban J connectivity index is 2.06. The van der Waals surface area contributed by atoms with Crippen molar-refractivity contribution in [2.24, 2.45) is 0 Å². The quantitative estimate of drug-likeness (QED) is 0.773. The SMILES string of the molecule is Cc1ccc(N2CCN(C(C)C)CC2C)cc1. The van der Waals surface area contributed by atoms with E-state index >= 15 is 0 Å². The van der Waals surface area contributed by atoms with E-state index in [-0.39, 0.29) is 0 Å². The fraction of sp³-hybridized carbons (Fsp3) is 0.600. The van der Waals surface area contributed by atoms with Gasteiger partial charge in [-0.1, -0.05) is 17.7 Å². The molecule has 1 unspecified atom stereocenters. The molecule has 1 atom stereocenters. The highest BCUT2D eigenvalue weighted by Crippen LogP contribution is 2.21. The van der Waals surface area contributed by atoms with E-state index in [2.05, 4.69) is 61.8 Å². The van der Waals surface area contributed by atoms with Crippen LogP contribution in [-0.4, -0.2) is 36.6 Å². The molecule has 0 aromatic heterocycles. The van der Waals surface area contributed by atoms with Crippen molar-refractivity contribution in [2.75, 3.05) is 24.5 Å². The summed E-state index contributed by atoms with van der Waals surface area (Å²) in [6, 6.07) is 10.2. The fourth-order valence-electron chi connectivity index (χ4n) is 2.57. The molecule has 1 saturated heterocycles. The lowest BCUT2D eigenvalue weighted by Gasteiger charge is -2.43. The molecule has 1 fully saturated rings. The van der Waals surface area contributed by atoms with Crippen LogP contribution in [0.4, 0.5) is 5.69 Å².